The molecule has 1 fully saturated rings. The van der Waals surface area contributed by atoms with Gasteiger partial charge in [-0.05, 0) is 51.3 Å². The minimum atomic E-state index is -0.354. The maximum Gasteiger partial charge on any atom is 0.278 e. The van der Waals surface area contributed by atoms with E-state index < -0.39 is 0 Å². The molecule has 3 rings (SSSR count). The van der Waals surface area contributed by atoms with Crippen LogP contribution in [0.1, 0.15) is 41.1 Å². The van der Waals surface area contributed by atoms with Crippen LogP contribution in [-0.2, 0) is 0 Å². The number of aryl methyl sites for hydroxylation is 2. The summed E-state index contributed by atoms with van der Waals surface area (Å²) in [4.78, 5) is 22.8. The molecule has 1 amide bonds. The molecule has 0 spiro atoms. The van der Waals surface area contributed by atoms with Crippen molar-refractivity contribution in [3.8, 4) is 0 Å². The van der Waals surface area contributed by atoms with Crippen LogP contribution >= 0.6 is 0 Å². The fraction of sp³-hybridized carbons (Fsp3) is 0.438. The molecule has 120 valence electrons. The number of hydrogen-bond acceptors (Lipinski definition) is 6. The molecule has 2 aromatic heterocycles. The quantitative estimate of drug-likeness (QED) is 0.934. The summed E-state index contributed by atoms with van der Waals surface area (Å²) in [6.07, 6.45) is 3.61. The summed E-state index contributed by atoms with van der Waals surface area (Å²) in [5.74, 6) is 0.756. The molecule has 0 aromatic carbocycles. The zero-order valence-electron chi connectivity index (χ0n) is 13.4. The van der Waals surface area contributed by atoms with Crippen LogP contribution in [0, 0.1) is 13.8 Å². The lowest BCUT2D eigenvalue weighted by Gasteiger charge is -2.27. The van der Waals surface area contributed by atoms with Crippen LogP contribution in [0.25, 0.3) is 0 Å². The van der Waals surface area contributed by atoms with Crippen LogP contribution in [0.4, 0.5) is 11.8 Å². The summed E-state index contributed by atoms with van der Waals surface area (Å²) in [7, 11) is 0. The number of aromatic nitrogens is 4. The van der Waals surface area contributed by atoms with Crippen LogP contribution in [0.2, 0.25) is 0 Å². The van der Waals surface area contributed by atoms with Gasteiger partial charge in [0.05, 0.1) is 0 Å². The van der Waals surface area contributed by atoms with Gasteiger partial charge in [0.1, 0.15) is 0 Å². The van der Waals surface area contributed by atoms with Crippen LogP contribution in [0.5, 0.6) is 0 Å². The van der Waals surface area contributed by atoms with Gasteiger partial charge < -0.3 is 4.90 Å². The van der Waals surface area contributed by atoms with Crippen molar-refractivity contribution in [3.63, 3.8) is 0 Å². The Morgan fingerprint density at radius 3 is 2.35 bits per heavy atom. The number of rotatable bonds is 3. The smallest absolute Gasteiger partial charge is 0.278 e. The zero-order valence-corrected chi connectivity index (χ0v) is 13.4. The minimum absolute atomic E-state index is 0.258. The highest BCUT2D eigenvalue weighted by Crippen LogP contribution is 2.16. The molecule has 0 aliphatic carbocycles. The van der Waals surface area contributed by atoms with Crippen LogP contribution in [0.3, 0.4) is 0 Å². The first kappa shape index (κ1) is 15.3. The molecular weight excluding hydrogens is 292 g/mol. The molecule has 3 heterocycles. The Bertz CT molecular complexity index is 674. The van der Waals surface area contributed by atoms with Gasteiger partial charge in [0.2, 0.25) is 5.95 Å². The van der Waals surface area contributed by atoms with Crippen LogP contribution in [-0.4, -0.2) is 39.2 Å². The molecule has 1 N–H and O–H groups in total. The summed E-state index contributed by atoms with van der Waals surface area (Å²) in [5, 5.41) is 10.9. The van der Waals surface area contributed by atoms with Crippen molar-refractivity contribution >= 4 is 17.7 Å². The number of nitrogens with one attached hydrogen (secondary N) is 1. The first-order valence-corrected chi connectivity index (χ1v) is 7.84. The fourth-order valence-electron chi connectivity index (χ4n) is 2.69. The van der Waals surface area contributed by atoms with E-state index in [4.69, 9.17) is 0 Å². The van der Waals surface area contributed by atoms with E-state index in [1.165, 1.54) is 19.3 Å². The molecule has 23 heavy (non-hydrogen) atoms. The van der Waals surface area contributed by atoms with Crippen molar-refractivity contribution in [1.29, 1.82) is 0 Å². The van der Waals surface area contributed by atoms with E-state index in [0.717, 1.165) is 30.3 Å². The van der Waals surface area contributed by atoms with Crippen LogP contribution in [0.15, 0.2) is 18.2 Å². The molecular formula is C16H20N6O. The van der Waals surface area contributed by atoms with E-state index in [1.807, 2.05) is 26.0 Å². The Hall–Kier alpha value is -2.57. The van der Waals surface area contributed by atoms with Crippen molar-refractivity contribution < 1.29 is 4.79 Å². The molecule has 0 radical (unpaired) electrons. The van der Waals surface area contributed by atoms with Crippen molar-refractivity contribution in [3.05, 3.63) is 35.3 Å². The SMILES string of the molecule is Cc1cc(C)nc(NC(=O)c2ccc(N3CCCCC3)nn2)n1. The Balaban J connectivity index is 1.69. The molecule has 0 saturated carbocycles. The second kappa shape index (κ2) is 6.68. The number of carbonyl (C=O) groups excluding carboxylic acids is 1. The number of piperidine rings is 1. The number of anilines is 2. The molecule has 7 nitrogen and oxygen atoms in total. The number of nitrogens with zero attached hydrogens (tertiary/aromatic N) is 5. The Morgan fingerprint density at radius 1 is 1.04 bits per heavy atom. The van der Waals surface area contributed by atoms with Gasteiger partial charge in [-0.3, -0.25) is 10.1 Å². The van der Waals surface area contributed by atoms with Gasteiger partial charge in [-0.15, -0.1) is 10.2 Å². The van der Waals surface area contributed by atoms with Crippen molar-refractivity contribution in [2.24, 2.45) is 0 Å². The summed E-state index contributed by atoms with van der Waals surface area (Å²) in [6.45, 7) is 5.71. The summed E-state index contributed by atoms with van der Waals surface area (Å²) >= 11 is 0. The molecule has 1 aliphatic heterocycles. The Morgan fingerprint density at radius 2 is 1.74 bits per heavy atom. The van der Waals surface area contributed by atoms with E-state index in [0.29, 0.717) is 0 Å². The Kier molecular flexibility index (Phi) is 4.45. The van der Waals surface area contributed by atoms with E-state index in [2.05, 4.69) is 30.4 Å². The highest BCUT2D eigenvalue weighted by atomic mass is 16.2. The average Bonchev–Trinajstić information content (AvgIpc) is 2.55. The summed E-state index contributed by atoms with van der Waals surface area (Å²) < 4.78 is 0. The number of hydrogen-bond donors (Lipinski definition) is 1. The van der Waals surface area contributed by atoms with E-state index in [9.17, 15) is 4.79 Å². The maximum atomic E-state index is 12.2. The lowest BCUT2D eigenvalue weighted by molar-refractivity contribution is 0.102. The predicted octanol–water partition coefficient (Wildman–Crippen LogP) is 2.13. The van der Waals surface area contributed by atoms with E-state index in [-0.39, 0.29) is 17.5 Å². The number of carbonyl (C=O) groups is 1. The first-order valence-electron chi connectivity index (χ1n) is 7.84. The molecule has 0 bridgehead atoms. The monoisotopic (exact) mass is 312 g/mol. The molecule has 0 unspecified atom stereocenters. The standard InChI is InChI=1S/C16H20N6O/c1-11-10-12(2)18-16(17-11)19-15(23)13-6-7-14(21-20-13)22-8-4-3-5-9-22/h6-7,10H,3-5,8-9H2,1-2H3,(H,17,18,19,23). The third kappa shape index (κ3) is 3.80. The lowest BCUT2D eigenvalue weighted by atomic mass is 10.1. The van der Waals surface area contributed by atoms with Gasteiger partial charge in [0, 0.05) is 24.5 Å². The van der Waals surface area contributed by atoms with Gasteiger partial charge >= 0.3 is 0 Å². The van der Waals surface area contributed by atoms with Crippen molar-refractivity contribution in [2.45, 2.75) is 33.1 Å². The van der Waals surface area contributed by atoms with Crippen LogP contribution < -0.4 is 10.2 Å². The van der Waals surface area contributed by atoms with E-state index in [1.54, 1.807) is 6.07 Å². The third-order valence-corrected chi connectivity index (χ3v) is 3.77. The van der Waals surface area contributed by atoms with Gasteiger partial charge in [-0.1, -0.05) is 0 Å². The largest absolute Gasteiger partial charge is 0.355 e. The third-order valence-electron chi connectivity index (χ3n) is 3.77. The molecule has 1 aliphatic rings. The van der Waals surface area contributed by atoms with E-state index >= 15 is 0 Å². The molecule has 1 saturated heterocycles. The Labute approximate surface area is 135 Å². The minimum Gasteiger partial charge on any atom is -0.355 e. The molecule has 2 aromatic rings. The topological polar surface area (TPSA) is 83.9 Å². The molecule has 7 heteroatoms. The highest BCUT2D eigenvalue weighted by molar-refractivity contribution is 6.01. The van der Waals surface area contributed by atoms with Gasteiger partial charge in [0.15, 0.2) is 11.5 Å². The van der Waals surface area contributed by atoms with Crippen molar-refractivity contribution in [2.75, 3.05) is 23.3 Å². The molecule has 0 atom stereocenters. The summed E-state index contributed by atoms with van der Waals surface area (Å²) in [6, 6.07) is 5.38. The maximum absolute atomic E-state index is 12.2. The van der Waals surface area contributed by atoms with Crippen molar-refractivity contribution in [1.82, 2.24) is 20.2 Å². The second-order valence-corrected chi connectivity index (χ2v) is 5.75. The zero-order chi connectivity index (χ0) is 16.2. The first-order chi connectivity index (χ1) is 11.1. The predicted molar refractivity (Wildman–Crippen MR) is 87.6 cm³/mol. The normalized spacial score (nSPS) is 14.6. The highest BCUT2D eigenvalue weighted by Gasteiger charge is 2.15. The summed E-state index contributed by atoms with van der Waals surface area (Å²) in [5.41, 5.74) is 1.87. The second-order valence-electron chi connectivity index (χ2n) is 5.75. The van der Waals surface area contributed by atoms with Gasteiger partial charge in [-0.25, -0.2) is 9.97 Å². The number of amides is 1. The lowest BCUT2D eigenvalue weighted by Crippen LogP contribution is -2.30. The van der Waals surface area contributed by atoms with Gasteiger partial charge in [-0.2, -0.15) is 0 Å². The fourth-order valence-corrected chi connectivity index (χ4v) is 2.69. The average molecular weight is 312 g/mol. The van der Waals surface area contributed by atoms with Gasteiger partial charge in [0.25, 0.3) is 5.91 Å².